The Morgan fingerprint density at radius 3 is 2.46 bits per heavy atom. The van der Waals surface area contributed by atoms with Gasteiger partial charge in [0.25, 0.3) is 10.0 Å². The van der Waals surface area contributed by atoms with Crippen molar-refractivity contribution in [3.05, 3.63) is 78.1 Å². The Balaban J connectivity index is 1.45. The molecule has 0 aromatic heterocycles. The van der Waals surface area contributed by atoms with Crippen molar-refractivity contribution in [3.8, 4) is 17.2 Å². The number of para-hydroxylation sites is 1. The largest absolute Gasteiger partial charge is 0.487 e. The van der Waals surface area contributed by atoms with Crippen molar-refractivity contribution in [3.63, 3.8) is 0 Å². The van der Waals surface area contributed by atoms with Gasteiger partial charge in [0.15, 0.2) is 11.5 Å². The summed E-state index contributed by atoms with van der Waals surface area (Å²) in [6.07, 6.45) is 0.501. The third kappa shape index (κ3) is 5.20. The van der Waals surface area contributed by atoms with E-state index in [0.717, 1.165) is 22.0 Å². The third-order valence-corrected chi connectivity index (χ3v) is 7.98. The van der Waals surface area contributed by atoms with Crippen molar-refractivity contribution in [1.82, 2.24) is 5.32 Å². The van der Waals surface area contributed by atoms with Gasteiger partial charge in [0.2, 0.25) is 5.91 Å². The van der Waals surface area contributed by atoms with E-state index in [1.807, 2.05) is 38.1 Å². The van der Waals surface area contributed by atoms with Gasteiger partial charge in [-0.3, -0.25) is 9.10 Å². The van der Waals surface area contributed by atoms with Gasteiger partial charge in [0.05, 0.1) is 16.6 Å². The molecule has 10 heteroatoms. The van der Waals surface area contributed by atoms with E-state index in [1.54, 1.807) is 0 Å². The molecule has 0 spiro atoms. The first-order valence-electron chi connectivity index (χ1n) is 11.9. The smallest absolute Gasteiger partial charge is 0.264 e. The Morgan fingerprint density at radius 2 is 1.70 bits per heavy atom. The maximum atomic E-state index is 13.8. The van der Waals surface area contributed by atoms with E-state index in [-0.39, 0.29) is 16.6 Å². The second-order valence-corrected chi connectivity index (χ2v) is 11.4. The summed E-state index contributed by atoms with van der Waals surface area (Å²) in [4.78, 5) is 13.2. The van der Waals surface area contributed by atoms with Crippen LogP contribution in [0.1, 0.15) is 31.9 Å². The Hall–Kier alpha value is -3.79. The van der Waals surface area contributed by atoms with Crippen LogP contribution < -0.4 is 23.8 Å². The van der Waals surface area contributed by atoms with Crippen molar-refractivity contribution in [2.45, 2.75) is 36.8 Å². The van der Waals surface area contributed by atoms with Crippen molar-refractivity contribution in [1.29, 1.82) is 0 Å². The van der Waals surface area contributed by atoms with Gasteiger partial charge in [-0.2, -0.15) is 0 Å². The van der Waals surface area contributed by atoms with Crippen LogP contribution in [0, 0.1) is 5.82 Å². The van der Waals surface area contributed by atoms with Crippen LogP contribution in [0.3, 0.4) is 0 Å². The fourth-order valence-corrected chi connectivity index (χ4v) is 5.97. The number of carbonyl (C=O) groups excluding carboxylic acids is 1. The molecule has 0 radical (unpaired) electrons. The standard InChI is InChI=1S/C27H27FN2O6S/c1-27(2)16-22(21-5-3-4-6-23(21)36-27)29-26(31)17-30(19-9-7-18(28)8-10-19)37(32,33)20-11-12-24-25(15-20)35-14-13-34-24/h3-12,15,22H,13-14,16-17H2,1-2H3,(H,29,31). The summed E-state index contributed by atoms with van der Waals surface area (Å²) >= 11 is 0. The highest BCUT2D eigenvalue weighted by Crippen LogP contribution is 2.39. The van der Waals surface area contributed by atoms with Crippen LogP contribution in [-0.4, -0.2) is 39.7 Å². The number of sulfonamides is 1. The number of nitrogens with zero attached hydrogens (tertiary/aromatic N) is 1. The predicted octanol–water partition coefficient (Wildman–Crippen LogP) is 4.21. The van der Waals surface area contributed by atoms with Crippen LogP contribution in [0.4, 0.5) is 10.1 Å². The van der Waals surface area contributed by atoms with Crippen molar-refractivity contribution < 1.29 is 31.8 Å². The second-order valence-electron chi connectivity index (χ2n) is 9.52. The lowest BCUT2D eigenvalue weighted by Crippen LogP contribution is -2.45. The highest BCUT2D eigenvalue weighted by Gasteiger charge is 2.35. The molecule has 8 nitrogen and oxygen atoms in total. The van der Waals surface area contributed by atoms with Crippen molar-refractivity contribution in [2.24, 2.45) is 0 Å². The zero-order chi connectivity index (χ0) is 26.2. The van der Waals surface area contributed by atoms with Gasteiger partial charge in [0.1, 0.15) is 36.9 Å². The minimum Gasteiger partial charge on any atom is -0.487 e. The van der Waals surface area contributed by atoms with E-state index >= 15 is 0 Å². The molecule has 0 aliphatic carbocycles. The number of hydrogen-bond donors (Lipinski definition) is 1. The zero-order valence-electron chi connectivity index (χ0n) is 20.4. The Labute approximate surface area is 215 Å². The molecular formula is C27H27FN2O6S. The summed E-state index contributed by atoms with van der Waals surface area (Å²) in [5.41, 5.74) is 0.442. The predicted molar refractivity (Wildman–Crippen MR) is 135 cm³/mol. The summed E-state index contributed by atoms with van der Waals surface area (Å²) in [6, 6.07) is 16.3. The molecule has 5 rings (SSSR count). The minimum atomic E-state index is -4.23. The van der Waals surface area contributed by atoms with Gasteiger partial charge in [-0.1, -0.05) is 18.2 Å². The number of anilines is 1. The summed E-state index contributed by atoms with van der Waals surface area (Å²) in [5, 5.41) is 2.97. The number of halogens is 1. The minimum absolute atomic E-state index is 0.0774. The molecule has 0 bridgehead atoms. The molecule has 37 heavy (non-hydrogen) atoms. The topological polar surface area (TPSA) is 94.2 Å². The number of hydrogen-bond acceptors (Lipinski definition) is 6. The Bertz CT molecular complexity index is 1430. The fourth-order valence-electron chi connectivity index (χ4n) is 4.54. The first kappa shape index (κ1) is 24.9. The molecule has 2 heterocycles. The second kappa shape index (κ2) is 9.59. The third-order valence-electron chi connectivity index (χ3n) is 6.22. The molecule has 2 aliphatic rings. The summed E-state index contributed by atoms with van der Waals surface area (Å²) < 4.78 is 59.2. The SMILES string of the molecule is CC1(C)CC(NC(=O)CN(c2ccc(F)cc2)S(=O)(=O)c2ccc3c(c2)OCCO3)c2ccccc2O1. The average Bonchev–Trinajstić information content (AvgIpc) is 2.87. The van der Waals surface area contributed by atoms with E-state index in [1.165, 1.54) is 30.3 Å². The van der Waals surface area contributed by atoms with Gasteiger partial charge in [-0.15, -0.1) is 0 Å². The van der Waals surface area contributed by atoms with Gasteiger partial charge in [-0.05, 0) is 56.3 Å². The fraction of sp³-hybridized carbons (Fsp3) is 0.296. The van der Waals surface area contributed by atoms with Gasteiger partial charge >= 0.3 is 0 Å². The monoisotopic (exact) mass is 526 g/mol. The molecule has 3 aromatic rings. The first-order valence-corrected chi connectivity index (χ1v) is 13.3. The van der Waals surface area contributed by atoms with Crippen molar-refractivity contribution in [2.75, 3.05) is 24.1 Å². The quantitative estimate of drug-likeness (QED) is 0.517. The lowest BCUT2D eigenvalue weighted by Gasteiger charge is -2.38. The highest BCUT2D eigenvalue weighted by atomic mass is 32.2. The highest BCUT2D eigenvalue weighted by molar-refractivity contribution is 7.92. The number of benzene rings is 3. The number of rotatable bonds is 6. The molecular weight excluding hydrogens is 499 g/mol. The Kier molecular flexibility index (Phi) is 6.45. The number of nitrogens with one attached hydrogen (secondary N) is 1. The maximum absolute atomic E-state index is 13.8. The number of fused-ring (bicyclic) bond motifs is 2. The molecule has 1 amide bonds. The number of ether oxygens (including phenoxy) is 3. The van der Waals surface area contributed by atoms with E-state index in [0.29, 0.717) is 36.9 Å². The molecule has 0 fully saturated rings. The molecule has 2 aliphatic heterocycles. The maximum Gasteiger partial charge on any atom is 0.264 e. The molecule has 1 N–H and O–H groups in total. The lowest BCUT2D eigenvalue weighted by atomic mass is 9.89. The van der Waals surface area contributed by atoms with Crippen LogP contribution in [0.15, 0.2) is 71.6 Å². The first-order chi connectivity index (χ1) is 17.6. The molecule has 0 saturated carbocycles. The van der Waals surface area contributed by atoms with E-state index in [2.05, 4.69) is 5.32 Å². The zero-order valence-corrected chi connectivity index (χ0v) is 21.3. The van der Waals surface area contributed by atoms with Gasteiger partial charge < -0.3 is 19.5 Å². The van der Waals surface area contributed by atoms with E-state index in [9.17, 15) is 17.6 Å². The molecule has 1 unspecified atom stereocenters. The van der Waals surface area contributed by atoms with E-state index < -0.39 is 33.9 Å². The Morgan fingerprint density at radius 1 is 1.00 bits per heavy atom. The van der Waals surface area contributed by atoms with Gasteiger partial charge in [0, 0.05) is 18.1 Å². The van der Waals surface area contributed by atoms with E-state index in [4.69, 9.17) is 14.2 Å². The van der Waals surface area contributed by atoms with Crippen LogP contribution in [0.25, 0.3) is 0 Å². The lowest BCUT2D eigenvalue weighted by molar-refractivity contribution is -0.120. The van der Waals surface area contributed by atoms with Crippen LogP contribution >= 0.6 is 0 Å². The van der Waals surface area contributed by atoms with Gasteiger partial charge in [-0.25, -0.2) is 12.8 Å². The summed E-state index contributed by atoms with van der Waals surface area (Å²) in [5.74, 6) is 0.381. The number of amides is 1. The summed E-state index contributed by atoms with van der Waals surface area (Å²) in [6.45, 7) is 4.01. The van der Waals surface area contributed by atoms with Crippen LogP contribution in [0.5, 0.6) is 17.2 Å². The van der Waals surface area contributed by atoms with Crippen LogP contribution in [-0.2, 0) is 14.8 Å². The molecule has 194 valence electrons. The summed E-state index contributed by atoms with van der Waals surface area (Å²) in [7, 11) is -4.23. The molecule has 0 saturated heterocycles. The molecule has 1 atom stereocenters. The van der Waals surface area contributed by atoms with Crippen molar-refractivity contribution >= 4 is 21.6 Å². The average molecular weight is 527 g/mol. The van der Waals surface area contributed by atoms with Crippen LogP contribution in [0.2, 0.25) is 0 Å². The number of carbonyl (C=O) groups is 1. The molecule has 3 aromatic carbocycles. The normalized spacial score (nSPS) is 17.8.